The van der Waals surface area contributed by atoms with Crippen molar-refractivity contribution in [2.24, 2.45) is 17.4 Å². The molecule has 0 heterocycles. The molecule has 0 unspecified atom stereocenters. The van der Waals surface area contributed by atoms with Crippen molar-refractivity contribution in [3.8, 4) is 0 Å². The summed E-state index contributed by atoms with van der Waals surface area (Å²) in [7, 11) is 0. The summed E-state index contributed by atoms with van der Waals surface area (Å²) in [4.78, 5) is 47.2. The SMILES string of the molecule is CC(=O)[C@H](C(=O)CCSC[C@H](N)C(=O)O)[C@H](SC[C@H](N)C(=O)O)c1ccc(Cl)c(Cl)c1. The van der Waals surface area contributed by atoms with Crippen molar-refractivity contribution in [2.45, 2.75) is 30.7 Å². The molecule has 172 valence electrons. The Labute approximate surface area is 198 Å². The molecule has 8 nitrogen and oxygen atoms in total. The average Bonchev–Trinajstić information content (AvgIpc) is 2.69. The third-order valence-electron chi connectivity index (χ3n) is 4.24. The van der Waals surface area contributed by atoms with E-state index in [1.54, 1.807) is 6.07 Å². The molecular formula is C19H24Cl2N2O6S2. The van der Waals surface area contributed by atoms with Crippen LogP contribution in [0, 0.1) is 5.92 Å². The van der Waals surface area contributed by atoms with Crippen molar-refractivity contribution in [3.05, 3.63) is 33.8 Å². The topological polar surface area (TPSA) is 161 Å². The van der Waals surface area contributed by atoms with E-state index >= 15 is 0 Å². The lowest BCUT2D eigenvalue weighted by atomic mass is 9.90. The molecule has 0 saturated carbocycles. The lowest BCUT2D eigenvalue weighted by Crippen LogP contribution is -2.34. The van der Waals surface area contributed by atoms with E-state index in [2.05, 4.69) is 0 Å². The lowest BCUT2D eigenvalue weighted by Gasteiger charge is -2.25. The zero-order valence-corrected chi connectivity index (χ0v) is 19.8. The van der Waals surface area contributed by atoms with Gasteiger partial charge in [-0.3, -0.25) is 19.2 Å². The van der Waals surface area contributed by atoms with Gasteiger partial charge in [-0.05, 0) is 24.6 Å². The van der Waals surface area contributed by atoms with Gasteiger partial charge in [0.15, 0.2) is 0 Å². The van der Waals surface area contributed by atoms with Crippen LogP contribution in [0.1, 0.15) is 24.2 Å². The largest absolute Gasteiger partial charge is 0.480 e. The van der Waals surface area contributed by atoms with E-state index in [0.717, 1.165) is 11.8 Å². The summed E-state index contributed by atoms with van der Waals surface area (Å²) >= 11 is 14.4. The Hall–Kier alpha value is -1.30. The Bertz CT molecular complexity index is 827. The number of thioether (sulfide) groups is 2. The molecule has 12 heteroatoms. The molecule has 31 heavy (non-hydrogen) atoms. The molecule has 0 spiro atoms. The average molecular weight is 511 g/mol. The molecule has 0 saturated heterocycles. The van der Waals surface area contributed by atoms with Crippen molar-refractivity contribution in [3.63, 3.8) is 0 Å². The minimum absolute atomic E-state index is 0.0185. The highest BCUT2D eigenvalue weighted by atomic mass is 35.5. The molecule has 6 N–H and O–H groups in total. The minimum Gasteiger partial charge on any atom is -0.480 e. The monoisotopic (exact) mass is 510 g/mol. The second-order valence-electron chi connectivity index (χ2n) is 6.70. The lowest BCUT2D eigenvalue weighted by molar-refractivity contribution is -0.138. The van der Waals surface area contributed by atoms with Crippen LogP contribution >= 0.6 is 46.7 Å². The van der Waals surface area contributed by atoms with Gasteiger partial charge in [0.1, 0.15) is 23.7 Å². The predicted molar refractivity (Wildman–Crippen MR) is 124 cm³/mol. The fourth-order valence-electron chi connectivity index (χ4n) is 2.57. The van der Waals surface area contributed by atoms with Crippen molar-refractivity contribution in [2.75, 3.05) is 17.3 Å². The Balaban J connectivity index is 3.04. The molecule has 1 aromatic rings. The number of benzene rings is 1. The first-order valence-electron chi connectivity index (χ1n) is 9.09. The standard InChI is InChI=1S/C19H24Cl2N2O6S2/c1-9(24)16(15(25)4-5-30-7-13(22)18(26)27)17(31-8-14(23)19(28)29)10-2-3-11(20)12(21)6-10/h2-3,6,13-14,16-17H,4-5,7-8,22-23H2,1H3,(H,26,27)(H,28,29)/t13-,14-,16+,17+/m0/s1. The van der Waals surface area contributed by atoms with Gasteiger partial charge in [-0.1, -0.05) is 29.3 Å². The maximum absolute atomic E-state index is 12.9. The smallest absolute Gasteiger partial charge is 0.321 e. The molecule has 0 fully saturated rings. The van der Waals surface area contributed by atoms with E-state index in [-0.39, 0.29) is 40.3 Å². The number of halogens is 2. The van der Waals surface area contributed by atoms with Crippen LogP contribution in [0.25, 0.3) is 0 Å². The molecule has 0 radical (unpaired) electrons. The summed E-state index contributed by atoms with van der Waals surface area (Å²) in [5, 5.41) is 17.7. The summed E-state index contributed by atoms with van der Waals surface area (Å²) in [5.74, 6) is -3.73. The van der Waals surface area contributed by atoms with Gasteiger partial charge in [0.05, 0.1) is 16.0 Å². The van der Waals surface area contributed by atoms with Crippen LogP contribution in [0.5, 0.6) is 0 Å². The number of carbonyl (C=O) groups excluding carboxylic acids is 2. The predicted octanol–water partition coefficient (Wildman–Crippen LogP) is 2.49. The van der Waals surface area contributed by atoms with Crippen LogP contribution in [0.3, 0.4) is 0 Å². The van der Waals surface area contributed by atoms with Gasteiger partial charge >= 0.3 is 11.9 Å². The molecule has 1 aromatic carbocycles. The number of aliphatic carboxylic acids is 2. The van der Waals surface area contributed by atoms with Gasteiger partial charge in [0, 0.05) is 28.9 Å². The molecule has 1 rings (SSSR count). The van der Waals surface area contributed by atoms with Gasteiger partial charge in [-0.15, -0.1) is 0 Å². The second kappa shape index (κ2) is 13.3. The fraction of sp³-hybridized carbons (Fsp3) is 0.474. The Morgan fingerprint density at radius 1 is 1.00 bits per heavy atom. The first-order chi connectivity index (χ1) is 14.5. The Kier molecular flexibility index (Phi) is 11.9. The van der Waals surface area contributed by atoms with Crippen molar-refractivity contribution >= 4 is 70.2 Å². The van der Waals surface area contributed by atoms with Crippen LogP contribution in [0.2, 0.25) is 10.0 Å². The first kappa shape index (κ1) is 27.7. The number of carboxylic acids is 2. The van der Waals surface area contributed by atoms with Gasteiger partial charge < -0.3 is 21.7 Å². The zero-order chi connectivity index (χ0) is 23.7. The molecule has 0 aliphatic rings. The number of Topliss-reactive ketones (excluding diaryl/α,β-unsaturated/α-hetero) is 2. The van der Waals surface area contributed by atoms with E-state index in [1.807, 2.05) is 0 Å². The number of hydrogen-bond acceptors (Lipinski definition) is 8. The van der Waals surface area contributed by atoms with Gasteiger partial charge in [0.25, 0.3) is 0 Å². The van der Waals surface area contributed by atoms with Gasteiger partial charge in [-0.25, -0.2) is 0 Å². The molecule has 0 bridgehead atoms. The third kappa shape index (κ3) is 8.99. The summed E-state index contributed by atoms with van der Waals surface area (Å²) in [5.41, 5.74) is 11.6. The highest BCUT2D eigenvalue weighted by Crippen LogP contribution is 2.40. The summed E-state index contributed by atoms with van der Waals surface area (Å²) in [6.45, 7) is 1.29. The Morgan fingerprint density at radius 2 is 1.58 bits per heavy atom. The first-order valence-corrected chi connectivity index (χ1v) is 12.1. The van der Waals surface area contributed by atoms with Crippen molar-refractivity contribution < 1.29 is 29.4 Å². The van der Waals surface area contributed by atoms with Crippen LogP contribution in [-0.2, 0) is 19.2 Å². The van der Waals surface area contributed by atoms with Crippen LogP contribution in [0.15, 0.2) is 18.2 Å². The van der Waals surface area contributed by atoms with Crippen molar-refractivity contribution in [1.29, 1.82) is 0 Å². The normalized spacial score (nSPS) is 15.0. The van der Waals surface area contributed by atoms with E-state index in [4.69, 9.17) is 44.9 Å². The fourth-order valence-corrected chi connectivity index (χ4v) is 5.22. The highest BCUT2D eigenvalue weighted by molar-refractivity contribution is 7.99. The number of ketones is 2. The molecule has 0 amide bonds. The maximum Gasteiger partial charge on any atom is 0.321 e. The van der Waals surface area contributed by atoms with E-state index in [9.17, 15) is 19.2 Å². The maximum atomic E-state index is 12.9. The molecule has 0 aliphatic heterocycles. The number of rotatable bonds is 14. The van der Waals surface area contributed by atoms with E-state index < -0.39 is 35.2 Å². The Morgan fingerprint density at radius 3 is 2.10 bits per heavy atom. The quantitative estimate of drug-likeness (QED) is 0.216. The van der Waals surface area contributed by atoms with Gasteiger partial charge in [0.2, 0.25) is 0 Å². The van der Waals surface area contributed by atoms with Crippen LogP contribution < -0.4 is 11.5 Å². The summed E-state index contributed by atoms with van der Waals surface area (Å²) < 4.78 is 0. The number of carboxylic acid groups (broad SMARTS) is 2. The van der Waals surface area contributed by atoms with Crippen LogP contribution in [-0.4, -0.2) is 63.1 Å². The van der Waals surface area contributed by atoms with E-state index in [1.165, 1.54) is 30.8 Å². The highest BCUT2D eigenvalue weighted by Gasteiger charge is 2.34. The number of nitrogens with two attached hydrogens (primary N) is 2. The minimum atomic E-state index is -1.20. The number of carbonyl (C=O) groups is 4. The number of hydrogen-bond donors (Lipinski definition) is 4. The van der Waals surface area contributed by atoms with Gasteiger partial charge in [-0.2, -0.15) is 23.5 Å². The summed E-state index contributed by atoms with van der Waals surface area (Å²) in [6, 6.07) is 2.49. The van der Waals surface area contributed by atoms with E-state index in [0.29, 0.717) is 10.6 Å². The molecular weight excluding hydrogens is 487 g/mol. The van der Waals surface area contributed by atoms with Crippen LogP contribution in [0.4, 0.5) is 0 Å². The molecule has 0 aromatic heterocycles. The molecule has 0 aliphatic carbocycles. The zero-order valence-electron chi connectivity index (χ0n) is 16.6. The second-order valence-corrected chi connectivity index (χ2v) is 9.84. The third-order valence-corrected chi connectivity index (χ3v) is 7.52. The molecule has 4 atom stereocenters. The summed E-state index contributed by atoms with van der Waals surface area (Å²) in [6.07, 6.45) is 0.0185. The van der Waals surface area contributed by atoms with Crippen molar-refractivity contribution in [1.82, 2.24) is 0 Å².